The summed E-state index contributed by atoms with van der Waals surface area (Å²) < 4.78 is 0. The van der Waals surface area contributed by atoms with Crippen LogP contribution < -0.4 is 0 Å². The molecule has 0 bridgehead atoms. The Kier molecular flexibility index (Phi) is 4.34. The second-order valence-corrected chi connectivity index (χ2v) is 2.74. The van der Waals surface area contributed by atoms with Gasteiger partial charge in [-0.15, -0.1) is 0 Å². The van der Waals surface area contributed by atoms with Crippen LogP contribution in [0.4, 0.5) is 0 Å². The van der Waals surface area contributed by atoms with Crippen LogP contribution in [0, 0.1) is 0 Å². The maximum absolute atomic E-state index is 11.1. The monoisotopic (exact) mass is 168 g/mol. The molecule has 0 saturated carbocycles. The van der Waals surface area contributed by atoms with Gasteiger partial charge in [-0.25, -0.2) is 0 Å². The number of hydrogen-bond acceptors (Lipinski definition) is 2. The van der Waals surface area contributed by atoms with E-state index in [4.69, 9.17) is 0 Å². The Labute approximate surface area is 73.6 Å². The molecule has 0 rings (SSSR count). The normalized spacial score (nSPS) is 12.2. The number of aliphatic hydroxyl groups excluding tert-OH is 1. The second-order valence-electron chi connectivity index (χ2n) is 2.74. The molecule has 0 aromatic heterocycles. The van der Waals surface area contributed by atoms with Gasteiger partial charge in [0.15, 0.2) is 5.78 Å². The summed E-state index contributed by atoms with van der Waals surface area (Å²) in [5.74, 6) is -0.0374. The molecule has 0 aromatic rings. The third-order valence-electron chi connectivity index (χ3n) is 1.88. The predicted octanol–water partition coefficient (Wildman–Crippen LogP) is 2.76. The molecule has 0 aliphatic heterocycles. The van der Waals surface area contributed by atoms with Crippen LogP contribution in [0.2, 0.25) is 0 Å². The summed E-state index contributed by atoms with van der Waals surface area (Å²) in [5, 5.41) is 9.45. The minimum Gasteiger partial charge on any atom is -0.507 e. The molecule has 0 aromatic carbocycles. The molecule has 0 aliphatic carbocycles. The smallest absolute Gasteiger partial charge is 0.165 e. The molecule has 0 unspecified atom stereocenters. The molecule has 0 fully saturated rings. The van der Waals surface area contributed by atoms with E-state index in [9.17, 15) is 9.90 Å². The summed E-state index contributed by atoms with van der Waals surface area (Å²) in [7, 11) is 0. The predicted molar refractivity (Wildman–Crippen MR) is 50.1 cm³/mol. The van der Waals surface area contributed by atoms with Crippen molar-refractivity contribution in [1.82, 2.24) is 0 Å². The van der Waals surface area contributed by atoms with E-state index in [1.165, 1.54) is 0 Å². The average Bonchev–Trinajstić information content (AvgIpc) is 2.12. The fraction of sp³-hybridized carbons (Fsp3) is 0.500. The number of ketones is 1. The Hall–Kier alpha value is -1.05. The lowest BCUT2D eigenvalue weighted by molar-refractivity contribution is -0.115. The third-order valence-corrected chi connectivity index (χ3v) is 1.88. The van der Waals surface area contributed by atoms with E-state index in [1.54, 1.807) is 13.8 Å². The molecule has 0 aliphatic rings. The van der Waals surface area contributed by atoms with Crippen LogP contribution >= 0.6 is 0 Å². The fourth-order valence-corrected chi connectivity index (χ4v) is 0.770. The first kappa shape index (κ1) is 11.0. The van der Waals surface area contributed by atoms with Gasteiger partial charge in [0.05, 0.1) is 5.57 Å². The molecule has 0 atom stereocenters. The van der Waals surface area contributed by atoms with E-state index >= 15 is 0 Å². The summed E-state index contributed by atoms with van der Waals surface area (Å²) in [6, 6.07) is 0. The first-order valence-corrected chi connectivity index (χ1v) is 4.15. The molecular formula is C10H16O2. The van der Waals surface area contributed by atoms with Gasteiger partial charge >= 0.3 is 0 Å². The Balaban J connectivity index is 4.60. The quantitative estimate of drug-likeness (QED) is 0.398. The first-order valence-electron chi connectivity index (χ1n) is 4.15. The molecule has 0 spiro atoms. The zero-order chi connectivity index (χ0) is 9.72. The lowest BCUT2D eigenvalue weighted by Crippen LogP contribution is -2.03. The SMILES string of the molecule is C=C(C(=O)CC)/C(O)=C(\C)CC. The molecule has 12 heavy (non-hydrogen) atoms. The highest BCUT2D eigenvalue weighted by molar-refractivity contribution is 5.98. The van der Waals surface area contributed by atoms with Gasteiger partial charge in [-0.2, -0.15) is 0 Å². The Morgan fingerprint density at radius 1 is 1.33 bits per heavy atom. The summed E-state index contributed by atoms with van der Waals surface area (Å²) >= 11 is 0. The minimum atomic E-state index is -0.0969. The highest BCUT2D eigenvalue weighted by Crippen LogP contribution is 2.14. The van der Waals surface area contributed by atoms with Gasteiger partial charge < -0.3 is 5.11 Å². The van der Waals surface area contributed by atoms with Gasteiger partial charge in [-0.3, -0.25) is 4.79 Å². The number of carbonyl (C=O) groups is 1. The molecule has 2 nitrogen and oxygen atoms in total. The Morgan fingerprint density at radius 2 is 1.83 bits per heavy atom. The van der Waals surface area contributed by atoms with Crippen LogP contribution in [0.15, 0.2) is 23.5 Å². The van der Waals surface area contributed by atoms with Crippen molar-refractivity contribution < 1.29 is 9.90 Å². The standard InChI is InChI=1S/C10H16O2/c1-5-7(3)10(12)8(4)9(11)6-2/h12H,4-6H2,1-3H3/b10-7-. The number of carbonyl (C=O) groups excluding carboxylic acids is 1. The zero-order valence-corrected chi connectivity index (χ0v) is 7.98. The maximum atomic E-state index is 11.1. The number of rotatable bonds is 4. The van der Waals surface area contributed by atoms with E-state index in [0.29, 0.717) is 6.42 Å². The van der Waals surface area contributed by atoms with Crippen LogP contribution in [0.5, 0.6) is 0 Å². The van der Waals surface area contributed by atoms with Crippen LogP contribution in [0.1, 0.15) is 33.6 Å². The van der Waals surface area contributed by atoms with Crippen LogP contribution in [-0.4, -0.2) is 10.9 Å². The third kappa shape index (κ3) is 2.53. The van der Waals surface area contributed by atoms with Crippen molar-refractivity contribution in [3.05, 3.63) is 23.5 Å². The molecule has 0 saturated heterocycles. The zero-order valence-electron chi connectivity index (χ0n) is 7.98. The first-order chi connectivity index (χ1) is 5.54. The van der Waals surface area contributed by atoms with Crippen molar-refractivity contribution in [3.8, 4) is 0 Å². The van der Waals surface area contributed by atoms with E-state index in [-0.39, 0.29) is 17.1 Å². The van der Waals surface area contributed by atoms with Crippen LogP contribution in [0.3, 0.4) is 0 Å². The topological polar surface area (TPSA) is 37.3 Å². The van der Waals surface area contributed by atoms with Gasteiger partial charge in [0.25, 0.3) is 0 Å². The van der Waals surface area contributed by atoms with Crippen molar-refractivity contribution in [2.24, 2.45) is 0 Å². The second kappa shape index (κ2) is 4.75. The van der Waals surface area contributed by atoms with Crippen molar-refractivity contribution in [1.29, 1.82) is 0 Å². The maximum Gasteiger partial charge on any atom is 0.165 e. The Morgan fingerprint density at radius 3 is 2.17 bits per heavy atom. The molecule has 0 heterocycles. The van der Waals surface area contributed by atoms with Gasteiger partial charge in [0, 0.05) is 6.42 Å². The lowest BCUT2D eigenvalue weighted by Gasteiger charge is -2.05. The molecule has 1 N–H and O–H groups in total. The largest absolute Gasteiger partial charge is 0.507 e. The highest BCUT2D eigenvalue weighted by atomic mass is 16.3. The summed E-state index contributed by atoms with van der Waals surface area (Å²) in [6.07, 6.45) is 1.13. The van der Waals surface area contributed by atoms with Crippen molar-refractivity contribution in [2.75, 3.05) is 0 Å². The lowest BCUT2D eigenvalue weighted by atomic mass is 10.0. The highest BCUT2D eigenvalue weighted by Gasteiger charge is 2.10. The molecule has 68 valence electrons. The van der Waals surface area contributed by atoms with E-state index in [0.717, 1.165) is 12.0 Å². The van der Waals surface area contributed by atoms with E-state index in [2.05, 4.69) is 6.58 Å². The van der Waals surface area contributed by atoms with Crippen molar-refractivity contribution in [2.45, 2.75) is 33.6 Å². The van der Waals surface area contributed by atoms with E-state index in [1.807, 2.05) is 6.92 Å². The average molecular weight is 168 g/mol. The minimum absolute atomic E-state index is 0.0596. The van der Waals surface area contributed by atoms with E-state index < -0.39 is 0 Å². The summed E-state index contributed by atoms with van der Waals surface area (Å²) in [4.78, 5) is 11.1. The summed E-state index contributed by atoms with van der Waals surface area (Å²) in [5.41, 5.74) is 1.04. The summed E-state index contributed by atoms with van der Waals surface area (Å²) in [6.45, 7) is 9.01. The van der Waals surface area contributed by atoms with Crippen molar-refractivity contribution in [3.63, 3.8) is 0 Å². The molecule has 2 heteroatoms. The van der Waals surface area contributed by atoms with Crippen molar-refractivity contribution >= 4 is 5.78 Å². The van der Waals surface area contributed by atoms with Gasteiger partial charge in [-0.05, 0) is 18.9 Å². The number of aliphatic hydroxyl groups is 1. The number of hydrogen-bond donors (Lipinski definition) is 1. The van der Waals surface area contributed by atoms with Gasteiger partial charge in [0.2, 0.25) is 0 Å². The molecule has 0 radical (unpaired) electrons. The molecular weight excluding hydrogens is 152 g/mol. The van der Waals surface area contributed by atoms with Gasteiger partial charge in [-0.1, -0.05) is 20.4 Å². The van der Waals surface area contributed by atoms with Gasteiger partial charge in [0.1, 0.15) is 5.76 Å². The number of Topliss-reactive ketones (excluding diaryl/α,β-unsaturated/α-hetero) is 1. The Bertz CT molecular complexity index is 224. The fourth-order valence-electron chi connectivity index (χ4n) is 0.770. The molecule has 0 amide bonds. The number of allylic oxidation sites excluding steroid dienone is 2. The van der Waals surface area contributed by atoms with Crippen LogP contribution in [-0.2, 0) is 4.79 Å². The van der Waals surface area contributed by atoms with Crippen LogP contribution in [0.25, 0.3) is 0 Å².